The quantitative estimate of drug-likeness (QED) is 0.594. The molecule has 0 aliphatic carbocycles. The topological polar surface area (TPSA) is 93.7 Å². The molecule has 2 unspecified atom stereocenters. The third-order valence-electron chi connectivity index (χ3n) is 6.34. The molecule has 11 heteroatoms. The molecule has 8 nitrogen and oxygen atoms in total. The van der Waals surface area contributed by atoms with Gasteiger partial charge in [-0.1, -0.05) is 43.5 Å². The van der Waals surface area contributed by atoms with Gasteiger partial charge in [0.1, 0.15) is 6.54 Å². The fourth-order valence-corrected chi connectivity index (χ4v) is 4.93. The molecule has 31 heavy (non-hydrogen) atoms. The maximum Gasteiger partial charge on any atom is 0.549 e. The molecule has 2 aliphatic heterocycles. The van der Waals surface area contributed by atoms with Crippen LogP contribution in [-0.2, 0) is 18.9 Å². The van der Waals surface area contributed by atoms with Gasteiger partial charge in [-0.3, -0.25) is 14.4 Å². The summed E-state index contributed by atoms with van der Waals surface area (Å²) < 4.78 is 12.2. The Morgan fingerprint density at radius 1 is 1.32 bits per heavy atom. The lowest BCUT2D eigenvalue weighted by atomic mass is 9.57. The summed E-state index contributed by atoms with van der Waals surface area (Å²) in [5.41, 5.74) is 0.186. The number of carbonyl (C=O) groups excluding carboxylic acids is 3. The molecule has 0 saturated carbocycles. The van der Waals surface area contributed by atoms with Crippen molar-refractivity contribution < 1.29 is 28.1 Å². The molecule has 4 atom stereocenters. The van der Waals surface area contributed by atoms with Crippen molar-refractivity contribution in [2.45, 2.75) is 39.2 Å². The van der Waals surface area contributed by atoms with Crippen LogP contribution in [0.1, 0.15) is 37.6 Å². The highest BCUT2D eigenvalue weighted by atomic mass is 35.5. The van der Waals surface area contributed by atoms with Gasteiger partial charge >= 0.3 is 12.7 Å². The molecule has 2 heterocycles. The van der Waals surface area contributed by atoms with Gasteiger partial charge in [0.25, 0.3) is 5.91 Å². The summed E-state index contributed by atoms with van der Waals surface area (Å²) >= 11 is 12.0. The van der Waals surface area contributed by atoms with E-state index in [0.29, 0.717) is 22.4 Å². The first kappa shape index (κ1) is 23.8. The Kier molecular flexibility index (Phi) is 6.91. The zero-order valence-corrected chi connectivity index (χ0v) is 19.6. The van der Waals surface area contributed by atoms with Gasteiger partial charge in [0.05, 0.1) is 29.8 Å². The van der Waals surface area contributed by atoms with Crippen molar-refractivity contribution in [2.75, 3.05) is 26.7 Å². The fraction of sp³-hybridized carbons (Fsp3) is 0.550. The Labute approximate surface area is 192 Å². The Morgan fingerprint density at radius 3 is 2.71 bits per heavy atom. The standard InChI is InChI=1S/C20H28BCl2N3O5/c1-12(2)7-17(21-26(4,10-19(28)31-21)13(3)11-30-21)25-18(27)9-24-20(29)15-8-14(22)5-6-16(15)23/h5-6,8,12-13,17H,7,9-11H2,1-4H3,(H,24,29)(H,25,27)/t13-,17+,21?,26?/m1/s1. The highest BCUT2D eigenvalue weighted by Gasteiger charge is 2.67. The summed E-state index contributed by atoms with van der Waals surface area (Å²) in [7, 11) is 1.94. The molecule has 2 N–H and O–H groups in total. The van der Waals surface area contributed by atoms with Gasteiger partial charge in [-0.25, -0.2) is 0 Å². The number of nitrogens with zero attached hydrogens (tertiary/aromatic N) is 1. The Morgan fingerprint density at radius 2 is 2.03 bits per heavy atom. The van der Waals surface area contributed by atoms with E-state index >= 15 is 0 Å². The average molecular weight is 472 g/mol. The van der Waals surface area contributed by atoms with Gasteiger partial charge in [-0.15, -0.1) is 0 Å². The highest BCUT2D eigenvalue weighted by molar-refractivity contribution is 6.65. The minimum absolute atomic E-state index is 0.0580. The second kappa shape index (κ2) is 8.98. The summed E-state index contributed by atoms with van der Waals surface area (Å²) in [6.45, 7) is 4.32. The number of halogens is 2. The molecule has 0 aromatic heterocycles. The number of benzene rings is 1. The molecule has 0 spiro atoms. The zero-order valence-electron chi connectivity index (χ0n) is 18.1. The summed E-state index contributed by atoms with van der Waals surface area (Å²) in [4.78, 5) is 37.4. The number of rotatable bonds is 7. The number of likely N-dealkylation sites (N-methyl/N-ethyl adjacent to an activating group) is 1. The predicted molar refractivity (Wildman–Crippen MR) is 118 cm³/mol. The van der Waals surface area contributed by atoms with Crippen LogP contribution in [0.4, 0.5) is 0 Å². The van der Waals surface area contributed by atoms with E-state index in [2.05, 4.69) is 10.6 Å². The number of carbonyl (C=O) groups is 3. The maximum atomic E-state index is 12.8. The number of hydrogen-bond donors (Lipinski definition) is 2. The number of amides is 2. The van der Waals surface area contributed by atoms with Crippen LogP contribution in [0.5, 0.6) is 0 Å². The normalized spacial score (nSPS) is 28.2. The monoisotopic (exact) mass is 471 g/mol. The number of nitrogens with one attached hydrogen (secondary N) is 2. The van der Waals surface area contributed by atoms with Crippen LogP contribution in [0.25, 0.3) is 0 Å². The van der Waals surface area contributed by atoms with Crippen molar-refractivity contribution in [1.82, 2.24) is 10.6 Å². The Hall–Kier alpha value is -1.81. The van der Waals surface area contributed by atoms with Crippen LogP contribution in [-0.4, -0.2) is 67.6 Å². The van der Waals surface area contributed by atoms with Crippen LogP contribution in [0.15, 0.2) is 18.2 Å². The molecular formula is C20H28BCl2N3O5. The summed E-state index contributed by atoms with van der Waals surface area (Å²) in [5, 5.41) is 6.11. The lowest BCUT2D eigenvalue weighted by Crippen LogP contribution is -2.73. The van der Waals surface area contributed by atoms with Crippen LogP contribution in [0.3, 0.4) is 0 Å². The molecule has 2 aliphatic rings. The SMILES string of the molecule is CC(C)C[C@H](NC(=O)CNC(=O)c1cc(Cl)ccc1Cl)[B-]12OC[C@@H](C)[N+]1(C)CC(=O)O2. The average Bonchev–Trinajstić information content (AvgIpc) is 3.09. The minimum atomic E-state index is -2.12. The van der Waals surface area contributed by atoms with Gasteiger partial charge in [-0.2, -0.15) is 0 Å². The first-order valence-corrected chi connectivity index (χ1v) is 11.1. The van der Waals surface area contributed by atoms with E-state index in [1.165, 1.54) is 12.1 Å². The molecular weight excluding hydrogens is 444 g/mol. The van der Waals surface area contributed by atoms with E-state index < -0.39 is 24.4 Å². The number of quaternary nitrogens is 1. The summed E-state index contributed by atoms with van der Waals surface area (Å²) in [5.74, 6) is -1.55. The van der Waals surface area contributed by atoms with Crippen molar-refractivity contribution in [1.29, 1.82) is 0 Å². The smallest absolute Gasteiger partial charge is 0.549 e. The van der Waals surface area contributed by atoms with E-state index in [1.54, 1.807) is 6.07 Å². The van der Waals surface area contributed by atoms with Gasteiger partial charge in [0, 0.05) is 18.0 Å². The van der Waals surface area contributed by atoms with Gasteiger partial charge in [0.2, 0.25) is 5.91 Å². The van der Waals surface area contributed by atoms with Crippen molar-refractivity contribution >= 4 is 47.7 Å². The molecule has 1 aromatic carbocycles. The van der Waals surface area contributed by atoms with Crippen molar-refractivity contribution in [3.8, 4) is 0 Å². The second-order valence-corrected chi connectivity index (χ2v) is 9.86. The lowest BCUT2D eigenvalue weighted by molar-refractivity contribution is -0.822. The van der Waals surface area contributed by atoms with Crippen LogP contribution >= 0.6 is 23.2 Å². The lowest BCUT2D eigenvalue weighted by Gasteiger charge is -2.48. The third kappa shape index (κ3) is 4.55. The number of hydrogen-bond acceptors (Lipinski definition) is 5. The van der Waals surface area contributed by atoms with Crippen LogP contribution < -0.4 is 10.6 Å². The predicted octanol–water partition coefficient (Wildman–Crippen LogP) is 2.15. The van der Waals surface area contributed by atoms with Crippen molar-refractivity contribution in [2.24, 2.45) is 5.92 Å². The summed E-state index contributed by atoms with van der Waals surface area (Å²) in [6.07, 6.45) is 0.563. The van der Waals surface area contributed by atoms with Gasteiger partial charge in [0.15, 0.2) is 0 Å². The first-order chi connectivity index (χ1) is 14.5. The largest absolute Gasteiger partial charge is 0.610 e. The van der Waals surface area contributed by atoms with E-state index in [4.69, 9.17) is 32.5 Å². The molecule has 1 aromatic rings. The molecule has 0 radical (unpaired) electrons. The first-order valence-electron chi connectivity index (χ1n) is 10.4. The zero-order chi connectivity index (χ0) is 23.0. The Balaban J connectivity index is 1.73. The minimum Gasteiger partial charge on any atom is -0.610 e. The molecule has 170 valence electrons. The molecule has 2 amide bonds. The highest BCUT2D eigenvalue weighted by Crippen LogP contribution is 2.40. The van der Waals surface area contributed by atoms with Crippen LogP contribution in [0.2, 0.25) is 10.0 Å². The van der Waals surface area contributed by atoms with Gasteiger partial charge in [-0.05, 0) is 31.0 Å². The molecule has 3 rings (SSSR count). The van der Waals surface area contributed by atoms with Gasteiger partial charge < -0.3 is 24.3 Å². The maximum absolute atomic E-state index is 12.8. The second-order valence-electron chi connectivity index (χ2n) is 9.02. The van der Waals surface area contributed by atoms with Crippen molar-refractivity contribution in [3.05, 3.63) is 33.8 Å². The van der Waals surface area contributed by atoms with E-state index in [9.17, 15) is 14.4 Å². The molecule has 2 fully saturated rings. The fourth-order valence-electron chi connectivity index (χ4n) is 4.55. The molecule has 0 bridgehead atoms. The van der Waals surface area contributed by atoms with E-state index in [1.807, 2.05) is 27.8 Å². The third-order valence-corrected chi connectivity index (χ3v) is 6.90. The molecule has 2 saturated heterocycles. The van der Waals surface area contributed by atoms with Crippen LogP contribution in [0, 0.1) is 5.92 Å². The van der Waals surface area contributed by atoms with E-state index in [-0.39, 0.29) is 41.6 Å². The summed E-state index contributed by atoms with van der Waals surface area (Å²) in [6, 6.07) is 4.59. The van der Waals surface area contributed by atoms with Crippen molar-refractivity contribution in [3.63, 3.8) is 0 Å². The van der Waals surface area contributed by atoms with E-state index in [0.717, 1.165) is 0 Å². The Bertz CT molecular complexity index is 902. The number of fused-ring (bicyclic) bond motifs is 1.